The Hall–Kier alpha value is -0.830. The van der Waals surface area contributed by atoms with Crippen molar-refractivity contribution < 1.29 is 4.42 Å². The summed E-state index contributed by atoms with van der Waals surface area (Å²) in [6.07, 6.45) is 1.46. The quantitative estimate of drug-likeness (QED) is 0.634. The smallest absolute Gasteiger partial charge is 0.181 e. The molecule has 0 aromatic carbocycles. The van der Waals surface area contributed by atoms with Gasteiger partial charge in [-0.05, 0) is 14.0 Å². The van der Waals surface area contributed by atoms with E-state index in [0.29, 0.717) is 0 Å². The average molecular weight is 126 g/mol. The lowest BCUT2D eigenvalue weighted by Crippen LogP contribution is -2.06. The van der Waals surface area contributed by atoms with Gasteiger partial charge in [0, 0.05) is 6.54 Å². The van der Waals surface area contributed by atoms with Crippen molar-refractivity contribution in [2.24, 2.45) is 0 Å². The van der Waals surface area contributed by atoms with E-state index in [1.54, 1.807) is 0 Å². The molecule has 0 atom stereocenters. The third-order valence-corrected chi connectivity index (χ3v) is 1.19. The van der Waals surface area contributed by atoms with Gasteiger partial charge < -0.3 is 9.73 Å². The molecule has 1 rings (SSSR count). The first-order chi connectivity index (χ1) is 4.34. The van der Waals surface area contributed by atoms with Gasteiger partial charge in [-0.15, -0.1) is 0 Å². The number of rotatable bonds is 2. The van der Waals surface area contributed by atoms with E-state index in [-0.39, 0.29) is 0 Å². The normalized spacial score (nSPS) is 10.0. The minimum Gasteiger partial charge on any atom is -0.448 e. The number of hydrogen-bond acceptors (Lipinski definition) is 3. The summed E-state index contributed by atoms with van der Waals surface area (Å²) < 4.78 is 4.97. The molecule has 9 heavy (non-hydrogen) atoms. The molecule has 0 fully saturated rings. The van der Waals surface area contributed by atoms with Gasteiger partial charge in [0.05, 0.1) is 5.69 Å². The Bertz CT molecular complexity index is 183. The number of aryl methyl sites for hydroxylation is 1. The molecule has 0 amide bonds. The van der Waals surface area contributed by atoms with Crippen LogP contribution in [0.1, 0.15) is 11.5 Å². The number of hydrogen-bond donors (Lipinski definition) is 1. The maximum atomic E-state index is 4.97. The maximum Gasteiger partial charge on any atom is 0.181 e. The highest BCUT2D eigenvalue weighted by Crippen LogP contribution is 2.02. The third kappa shape index (κ3) is 1.29. The fourth-order valence-electron chi connectivity index (χ4n) is 0.666. The Labute approximate surface area is 54.1 Å². The summed E-state index contributed by atoms with van der Waals surface area (Å²) in [5.74, 6) is 0.893. The van der Waals surface area contributed by atoms with Crippen molar-refractivity contribution in [1.29, 1.82) is 0 Å². The molecule has 1 aromatic rings. The van der Waals surface area contributed by atoms with Gasteiger partial charge in [0.1, 0.15) is 5.76 Å². The summed E-state index contributed by atoms with van der Waals surface area (Å²) >= 11 is 0. The second-order valence-corrected chi connectivity index (χ2v) is 1.89. The highest BCUT2D eigenvalue weighted by molar-refractivity contribution is 5.03. The molecule has 0 unspecified atom stereocenters. The Kier molecular flexibility index (Phi) is 1.85. The molecule has 0 bridgehead atoms. The van der Waals surface area contributed by atoms with Gasteiger partial charge in [0.25, 0.3) is 0 Å². The van der Waals surface area contributed by atoms with Crippen molar-refractivity contribution >= 4 is 0 Å². The molecule has 3 heteroatoms. The zero-order valence-corrected chi connectivity index (χ0v) is 5.64. The van der Waals surface area contributed by atoms with E-state index in [4.69, 9.17) is 4.42 Å². The minimum atomic E-state index is 0.780. The van der Waals surface area contributed by atoms with Crippen LogP contribution in [-0.2, 0) is 6.54 Å². The third-order valence-electron chi connectivity index (χ3n) is 1.19. The highest BCUT2D eigenvalue weighted by Gasteiger charge is 1.98. The van der Waals surface area contributed by atoms with Crippen LogP contribution in [-0.4, -0.2) is 12.0 Å². The van der Waals surface area contributed by atoms with E-state index >= 15 is 0 Å². The molecule has 1 aromatic heterocycles. The van der Waals surface area contributed by atoms with Crippen LogP contribution in [0.15, 0.2) is 10.8 Å². The van der Waals surface area contributed by atoms with Gasteiger partial charge in [0.15, 0.2) is 6.39 Å². The van der Waals surface area contributed by atoms with Gasteiger partial charge in [-0.25, -0.2) is 4.98 Å². The van der Waals surface area contributed by atoms with Crippen molar-refractivity contribution in [3.8, 4) is 0 Å². The van der Waals surface area contributed by atoms with Crippen LogP contribution < -0.4 is 5.32 Å². The zero-order chi connectivity index (χ0) is 6.69. The lowest BCUT2D eigenvalue weighted by Gasteiger charge is -1.91. The Morgan fingerprint density at radius 1 is 1.78 bits per heavy atom. The second kappa shape index (κ2) is 2.64. The van der Waals surface area contributed by atoms with E-state index in [1.807, 2.05) is 14.0 Å². The molecule has 3 nitrogen and oxygen atoms in total. The Morgan fingerprint density at radius 3 is 3.00 bits per heavy atom. The lowest BCUT2D eigenvalue weighted by molar-refractivity contribution is 0.523. The van der Waals surface area contributed by atoms with Crippen LogP contribution in [0.3, 0.4) is 0 Å². The van der Waals surface area contributed by atoms with Gasteiger partial charge in [-0.2, -0.15) is 0 Å². The van der Waals surface area contributed by atoms with E-state index in [2.05, 4.69) is 10.3 Å². The molecule has 0 spiro atoms. The molecule has 0 radical (unpaired) electrons. The highest BCUT2D eigenvalue weighted by atomic mass is 16.3. The van der Waals surface area contributed by atoms with Gasteiger partial charge in [0.2, 0.25) is 0 Å². The van der Waals surface area contributed by atoms with Crippen LogP contribution in [0, 0.1) is 6.92 Å². The first-order valence-corrected chi connectivity index (χ1v) is 2.88. The second-order valence-electron chi connectivity index (χ2n) is 1.89. The Balaban J connectivity index is 2.69. The van der Waals surface area contributed by atoms with Crippen LogP contribution in [0.25, 0.3) is 0 Å². The molecule has 1 heterocycles. The number of aromatic nitrogens is 1. The molecular formula is C6H10N2O. The summed E-state index contributed by atoms with van der Waals surface area (Å²) in [5, 5.41) is 2.99. The average Bonchev–Trinajstić information content (AvgIpc) is 2.18. The van der Waals surface area contributed by atoms with Crippen molar-refractivity contribution in [1.82, 2.24) is 10.3 Å². The predicted octanol–water partition coefficient (Wildman–Crippen LogP) is 0.702. The monoisotopic (exact) mass is 126 g/mol. The standard InChI is InChI=1S/C6H10N2O/c1-5-6(3-7-2)8-4-9-5/h4,7H,3H2,1-2H3. The van der Waals surface area contributed by atoms with E-state index < -0.39 is 0 Å². The SMILES string of the molecule is CNCc1ncoc1C. The van der Waals surface area contributed by atoms with E-state index in [9.17, 15) is 0 Å². The van der Waals surface area contributed by atoms with Crippen LogP contribution in [0.2, 0.25) is 0 Å². The lowest BCUT2D eigenvalue weighted by atomic mass is 10.4. The minimum absolute atomic E-state index is 0.780. The molecule has 0 aliphatic carbocycles. The van der Waals surface area contributed by atoms with Crippen molar-refractivity contribution in [2.75, 3.05) is 7.05 Å². The van der Waals surface area contributed by atoms with Crippen molar-refractivity contribution in [2.45, 2.75) is 13.5 Å². The van der Waals surface area contributed by atoms with Crippen molar-refractivity contribution in [3.05, 3.63) is 17.8 Å². The number of nitrogens with zero attached hydrogens (tertiary/aromatic N) is 1. The van der Waals surface area contributed by atoms with E-state index in [1.165, 1.54) is 6.39 Å². The predicted molar refractivity (Wildman–Crippen MR) is 34.0 cm³/mol. The molecule has 0 saturated heterocycles. The first kappa shape index (κ1) is 6.29. The summed E-state index contributed by atoms with van der Waals surface area (Å²) in [5.41, 5.74) is 0.984. The Morgan fingerprint density at radius 2 is 2.56 bits per heavy atom. The van der Waals surface area contributed by atoms with Gasteiger partial charge in [-0.3, -0.25) is 0 Å². The molecule has 0 saturated carbocycles. The van der Waals surface area contributed by atoms with Crippen LogP contribution in [0.4, 0.5) is 0 Å². The van der Waals surface area contributed by atoms with Crippen molar-refractivity contribution in [3.63, 3.8) is 0 Å². The van der Waals surface area contributed by atoms with Gasteiger partial charge in [-0.1, -0.05) is 0 Å². The summed E-state index contributed by atoms with van der Waals surface area (Å²) in [4.78, 5) is 3.98. The molecule has 0 aliphatic rings. The number of oxazole rings is 1. The molecule has 50 valence electrons. The summed E-state index contributed by atoms with van der Waals surface area (Å²) in [6.45, 7) is 2.68. The first-order valence-electron chi connectivity index (χ1n) is 2.88. The fourth-order valence-corrected chi connectivity index (χ4v) is 0.666. The largest absolute Gasteiger partial charge is 0.448 e. The molecule has 0 aliphatic heterocycles. The van der Waals surface area contributed by atoms with Crippen LogP contribution >= 0.6 is 0 Å². The zero-order valence-electron chi connectivity index (χ0n) is 5.64. The molecular weight excluding hydrogens is 116 g/mol. The maximum absolute atomic E-state index is 4.97. The van der Waals surface area contributed by atoms with Crippen LogP contribution in [0.5, 0.6) is 0 Å². The van der Waals surface area contributed by atoms with Gasteiger partial charge >= 0.3 is 0 Å². The number of nitrogens with one attached hydrogen (secondary N) is 1. The van der Waals surface area contributed by atoms with E-state index in [0.717, 1.165) is 18.0 Å². The topological polar surface area (TPSA) is 38.1 Å². The summed E-state index contributed by atoms with van der Waals surface area (Å²) in [6, 6.07) is 0. The molecule has 1 N–H and O–H groups in total. The fraction of sp³-hybridized carbons (Fsp3) is 0.500. The summed E-state index contributed by atoms with van der Waals surface area (Å²) in [7, 11) is 1.88.